The van der Waals surface area contributed by atoms with E-state index in [1.54, 1.807) is 39.0 Å². The summed E-state index contributed by atoms with van der Waals surface area (Å²) in [6, 6.07) is 25.2. The van der Waals surface area contributed by atoms with Crippen molar-refractivity contribution in [2.24, 2.45) is 5.41 Å². The molecular weight excluding hydrogens is 520 g/mol. The van der Waals surface area contributed by atoms with Crippen molar-refractivity contribution in [1.82, 2.24) is 19.5 Å². The van der Waals surface area contributed by atoms with Gasteiger partial charge in [0.2, 0.25) is 0 Å². The Balaban J connectivity index is 1.57. The minimum atomic E-state index is -0.693. The number of aromatic amines is 1. The standard InChI is InChI=1S/C31H32N6O4/c1-31(2,3)29(38)41-35-23-15-24(17-25(16-23)40-4)37-28-26(34-30(37)39)27(32-20-33-28)36(18-21-11-7-5-8-12-21)19-22-13-9-6-10-14-22/h5-17,20,35H,18-19H2,1-4H3,(H,34,39). The molecule has 2 aromatic heterocycles. The second kappa shape index (κ2) is 11.5. The molecule has 5 aromatic rings. The van der Waals surface area contributed by atoms with Gasteiger partial charge in [0.15, 0.2) is 11.5 Å². The van der Waals surface area contributed by atoms with Gasteiger partial charge in [-0.05, 0) is 38.0 Å². The Bertz CT molecular complexity index is 1670. The van der Waals surface area contributed by atoms with E-state index < -0.39 is 17.1 Å². The van der Waals surface area contributed by atoms with E-state index in [0.717, 1.165) is 11.1 Å². The SMILES string of the molecule is COc1cc(NOC(=O)C(C)(C)C)cc(-n2c(=O)[nH]c3c(N(Cc4ccccc4)Cc4ccccc4)ncnc32)c1. The van der Waals surface area contributed by atoms with E-state index in [9.17, 15) is 9.59 Å². The molecule has 0 bridgehead atoms. The van der Waals surface area contributed by atoms with Gasteiger partial charge < -0.3 is 19.5 Å². The van der Waals surface area contributed by atoms with Crippen LogP contribution >= 0.6 is 0 Å². The quantitative estimate of drug-likeness (QED) is 0.239. The summed E-state index contributed by atoms with van der Waals surface area (Å²) < 4.78 is 6.91. The topological polar surface area (TPSA) is 114 Å². The number of H-pyrrole nitrogens is 1. The number of imidazole rings is 1. The summed E-state index contributed by atoms with van der Waals surface area (Å²) in [6.45, 7) is 6.42. The molecule has 3 aromatic carbocycles. The predicted octanol–water partition coefficient (Wildman–Crippen LogP) is 5.24. The summed E-state index contributed by atoms with van der Waals surface area (Å²) in [5.41, 5.74) is 5.60. The zero-order valence-electron chi connectivity index (χ0n) is 23.4. The molecule has 0 fully saturated rings. The maximum absolute atomic E-state index is 13.4. The normalized spacial score (nSPS) is 11.3. The number of benzene rings is 3. The Hall–Kier alpha value is -5.12. The lowest BCUT2D eigenvalue weighted by Crippen LogP contribution is -2.25. The molecule has 0 amide bonds. The number of ether oxygens (including phenoxy) is 1. The van der Waals surface area contributed by atoms with E-state index in [-0.39, 0.29) is 0 Å². The fourth-order valence-electron chi connectivity index (χ4n) is 4.35. The number of methoxy groups -OCH3 is 1. The van der Waals surface area contributed by atoms with E-state index in [4.69, 9.17) is 9.57 Å². The number of rotatable bonds is 9. The van der Waals surface area contributed by atoms with E-state index in [1.807, 2.05) is 36.4 Å². The van der Waals surface area contributed by atoms with Crippen LogP contribution in [0.25, 0.3) is 16.9 Å². The third kappa shape index (κ3) is 6.22. The molecule has 0 unspecified atom stereocenters. The molecule has 0 saturated carbocycles. The minimum absolute atomic E-state index is 0.396. The Labute approximate surface area is 237 Å². The summed E-state index contributed by atoms with van der Waals surface area (Å²) in [5, 5.41) is 0. The Morgan fingerprint density at radius 1 is 0.951 bits per heavy atom. The van der Waals surface area contributed by atoms with Crippen LogP contribution in [0.1, 0.15) is 31.9 Å². The molecule has 5 rings (SSSR count). The lowest BCUT2D eigenvalue weighted by molar-refractivity contribution is -0.149. The number of hydrogen-bond acceptors (Lipinski definition) is 8. The number of aromatic nitrogens is 4. The molecule has 0 saturated heterocycles. The van der Waals surface area contributed by atoms with Gasteiger partial charge in [-0.25, -0.2) is 29.6 Å². The van der Waals surface area contributed by atoms with Gasteiger partial charge in [0.25, 0.3) is 0 Å². The Morgan fingerprint density at radius 2 is 1.59 bits per heavy atom. The maximum Gasteiger partial charge on any atom is 0.337 e. The van der Waals surface area contributed by atoms with Gasteiger partial charge in [-0.1, -0.05) is 60.7 Å². The number of nitrogens with one attached hydrogen (secondary N) is 2. The van der Waals surface area contributed by atoms with Gasteiger partial charge in [0, 0.05) is 25.2 Å². The summed E-state index contributed by atoms with van der Waals surface area (Å²) in [5.74, 6) is 0.626. The fourth-order valence-corrected chi connectivity index (χ4v) is 4.35. The lowest BCUT2D eigenvalue weighted by atomic mass is 9.98. The van der Waals surface area contributed by atoms with Crippen molar-refractivity contribution in [1.29, 1.82) is 0 Å². The summed E-state index contributed by atoms with van der Waals surface area (Å²) in [7, 11) is 1.52. The van der Waals surface area contributed by atoms with Crippen LogP contribution in [-0.4, -0.2) is 32.6 Å². The molecule has 0 atom stereocenters. The molecular formula is C31H32N6O4. The number of anilines is 2. The molecule has 10 heteroatoms. The molecule has 0 aliphatic rings. The molecule has 210 valence electrons. The highest BCUT2D eigenvalue weighted by Crippen LogP contribution is 2.28. The van der Waals surface area contributed by atoms with E-state index >= 15 is 0 Å². The summed E-state index contributed by atoms with van der Waals surface area (Å²) in [4.78, 5) is 45.1. The average molecular weight is 553 g/mol. The molecule has 10 nitrogen and oxygen atoms in total. The van der Waals surface area contributed by atoms with Crippen molar-refractivity contribution in [2.75, 3.05) is 17.5 Å². The van der Waals surface area contributed by atoms with Crippen LogP contribution in [0.3, 0.4) is 0 Å². The van der Waals surface area contributed by atoms with Gasteiger partial charge in [0.1, 0.15) is 17.6 Å². The first-order chi connectivity index (χ1) is 19.7. The molecule has 0 spiro atoms. The monoisotopic (exact) mass is 552 g/mol. The van der Waals surface area contributed by atoms with E-state index in [1.165, 1.54) is 18.0 Å². The Kier molecular flexibility index (Phi) is 7.73. The zero-order valence-corrected chi connectivity index (χ0v) is 23.4. The van der Waals surface area contributed by atoms with Crippen molar-refractivity contribution in [2.45, 2.75) is 33.9 Å². The number of nitrogens with zero attached hydrogens (tertiary/aromatic N) is 4. The fraction of sp³-hybridized carbons (Fsp3) is 0.226. The molecule has 0 aliphatic carbocycles. The molecule has 2 heterocycles. The van der Waals surface area contributed by atoms with Crippen molar-refractivity contribution in [3.8, 4) is 11.4 Å². The molecule has 0 radical (unpaired) electrons. The van der Waals surface area contributed by atoms with Crippen LogP contribution in [0.5, 0.6) is 5.75 Å². The van der Waals surface area contributed by atoms with Gasteiger partial charge in [0.05, 0.1) is 23.9 Å². The van der Waals surface area contributed by atoms with Crippen molar-refractivity contribution in [3.05, 3.63) is 107 Å². The van der Waals surface area contributed by atoms with Crippen molar-refractivity contribution < 1.29 is 14.4 Å². The van der Waals surface area contributed by atoms with Gasteiger partial charge in [-0.15, -0.1) is 0 Å². The average Bonchev–Trinajstić information content (AvgIpc) is 3.31. The van der Waals surface area contributed by atoms with Crippen LogP contribution < -0.4 is 20.8 Å². The predicted molar refractivity (Wildman–Crippen MR) is 158 cm³/mol. The second-order valence-electron chi connectivity index (χ2n) is 10.6. The van der Waals surface area contributed by atoms with Gasteiger partial charge in [-0.3, -0.25) is 0 Å². The molecule has 0 aliphatic heterocycles. The van der Waals surface area contributed by atoms with Crippen LogP contribution in [-0.2, 0) is 22.7 Å². The minimum Gasteiger partial charge on any atom is -0.497 e. The first kappa shape index (κ1) is 27.4. The number of carbonyl (C=O) groups is 1. The zero-order chi connectivity index (χ0) is 29.0. The third-order valence-electron chi connectivity index (χ3n) is 6.45. The van der Waals surface area contributed by atoms with E-state index in [2.05, 4.69) is 49.6 Å². The third-order valence-corrected chi connectivity index (χ3v) is 6.45. The summed E-state index contributed by atoms with van der Waals surface area (Å²) >= 11 is 0. The van der Waals surface area contributed by atoms with E-state index in [0.29, 0.717) is 47.2 Å². The number of fused-ring (bicyclic) bond motifs is 1. The molecule has 2 N–H and O–H groups in total. The van der Waals surface area contributed by atoms with Crippen LogP contribution in [0, 0.1) is 5.41 Å². The largest absolute Gasteiger partial charge is 0.497 e. The number of hydrogen-bond donors (Lipinski definition) is 2. The highest BCUT2D eigenvalue weighted by Gasteiger charge is 2.24. The van der Waals surface area contributed by atoms with Gasteiger partial charge in [-0.2, -0.15) is 0 Å². The highest BCUT2D eigenvalue weighted by molar-refractivity contribution is 5.85. The summed E-state index contributed by atoms with van der Waals surface area (Å²) in [6.07, 6.45) is 1.45. The van der Waals surface area contributed by atoms with Crippen LogP contribution in [0.15, 0.2) is 90.0 Å². The van der Waals surface area contributed by atoms with Crippen LogP contribution in [0.4, 0.5) is 11.5 Å². The number of carbonyl (C=O) groups excluding carboxylic acids is 1. The van der Waals surface area contributed by atoms with Crippen molar-refractivity contribution in [3.63, 3.8) is 0 Å². The highest BCUT2D eigenvalue weighted by atomic mass is 16.7. The van der Waals surface area contributed by atoms with Gasteiger partial charge >= 0.3 is 11.7 Å². The van der Waals surface area contributed by atoms with Crippen molar-refractivity contribution >= 4 is 28.6 Å². The maximum atomic E-state index is 13.4. The molecule has 41 heavy (non-hydrogen) atoms. The smallest absolute Gasteiger partial charge is 0.337 e. The lowest BCUT2D eigenvalue weighted by Gasteiger charge is -2.24. The first-order valence-corrected chi connectivity index (χ1v) is 13.2. The first-order valence-electron chi connectivity index (χ1n) is 13.2. The van der Waals surface area contributed by atoms with Crippen LogP contribution in [0.2, 0.25) is 0 Å². The second-order valence-corrected chi connectivity index (χ2v) is 10.6. The Morgan fingerprint density at radius 3 is 2.17 bits per heavy atom.